The molecule has 0 radical (unpaired) electrons. The first kappa shape index (κ1) is 21.1. The number of benzene rings is 2. The summed E-state index contributed by atoms with van der Waals surface area (Å²) in [6.45, 7) is 0.793. The minimum absolute atomic E-state index is 0.0620. The summed E-state index contributed by atoms with van der Waals surface area (Å²) in [5, 5.41) is 2.54. The Morgan fingerprint density at radius 1 is 1.03 bits per heavy atom. The monoisotopic (exact) mass is 447 g/mol. The van der Waals surface area contributed by atoms with E-state index in [0.29, 0.717) is 17.4 Å². The van der Waals surface area contributed by atoms with Crippen LogP contribution in [0.3, 0.4) is 0 Å². The molecule has 1 amide bonds. The Morgan fingerprint density at radius 2 is 1.79 bits per heavy atom. The minimum atomic E-state index is -0.545. The maximum absolute atomic E-state index is 13.9. The van der Waals surface area contributed by atoms with Crippen molar-refractivity contribution in [3.05, 3.63) is 84.4 Å². The van der Waals surface area contributed by atoms with Crippen molar-refractivity contribution >= 4 is 11.6 Å². The van der Waals surface area contributed by atoms with Crippen LogP contribution < -0.4 is 5.32 Å². The first-order chi connectivity index (χ1) is 16.1. The van der Waals surface area contributed by atoms with Crippen LogP contribution in [0.15, 0.2) is 71.4 Å². The van der Waals surface area contributed by atoms with Crippen LogP contribution in [0.2, 0.25) is 0 Å². The van der Waals surface area contributed by atoms with Crippen molar-refractivity contribution < 1.29 is 18.0 Å². The number of halogens is 2. The maximum Gasteiger partial charge on any atom is 0.291 e. The van der Waals surface area contributed by atoms with Crippen molar-refractivity contribution in [2.24, 2.45) is 5.92 Å². The average molecular weight is 447 g/mol. The van der Waals surface area contributed by atoms with Crippen LogP contribution in [-0.4, -0.2) is 15.5 Å². The normalized spacial score (nSPS) is 14.0. The zero-order valence-electron chi connectivity index (χ0n) is 17.9. The molecule has 5 nitrogen and oxygen atoms in total. The van der Waals surface area contributed by atoms with Gasteiger partial charge in [0.25, 0.3) is 5.91 Å². The van der Waals surface area contributed by atoms with Crippen molar-refractivity contribution in [3.63, 3.8) is 0 Å². The molecule has 1 aliphatic rings. The number of anilines is 1. The van der Waals surface area contributed by atoms with E-state index in [4.69, 9.17) is 4.42 Å². The molecule has 0 unspecified atom stereocenters. The van der Waals surface area contributed by atoms with Crippen LogP contribution in [0, 0.1) is 17.6 Å². The lowest BCUT2D eigenvalue weighted by Crippen LogP contribution is -2.12. The van der Waals surface area contributed by atoms with Gasteiger partial charge in [-0.1, -0.05) is 25.0 Å². The van der Waals surface area contributed by atoms with Crippen molar-refractivity contribution in [1.29, 1.82) is 0 Å². The van der Waals surface area contributed by atoms with Gasteiger partial charge in [-0.2, -0.15) is 0 Å². The second kappa shape index (κ2) is 9.02. The van der Waals surface area contributed by atoms with E-state index in [2.05, 4.69) is 10.3 Å². The van der Waals surface area contributed by atoms with Crippen molar-refractivity contribution in [1.82, 2.24) is 9.55 Å². The Kier molecular flexibility index (Phi) is 5.77. The van der Waals surface area contributed by atoms with Crippen LogP contribution >= 0.6 is 0 Å². The molecule has 1 N–H and O–H groups in total. The minimum Gasteiger partial charge on any atom is -0.449 e. The van der Waals surface area contributed by atoms with Crippen molar-refractivity contribution in [2.75, 3.05) is 5.32 Å². The van der Waals surface area contributed by atoms with E-state index in [0.717, 1.165) is 30.6 Å². The molecule has 0 bridgehead atoms. The Morgan fingerprint density at radius 3 is 2.55 bits per heavy atom. The molecule has 2 aromatic heterocycles. The van der Waals surface area contributed by atoms with Gasteiger partial charge < -0.3 is 14.3 Å². The van der Waals surface area contributed by atoms with E-state index in [9.17, 15) is 13.6 Å². The van der Waals surface area contributed by atoms with E-state index in [1.807, 2.05) is 4.57 Å². The number of hydrogen-bond acceptors (Lipinski definition) is 3. The van der Waals surface area contributed by atoms with Crippen molar-refractivity contribution in [3.8, 4) is 22.7 Å². The molecule has 1 fully saturated rings. The molecule has 1 saturated carbocycles. The van der Waals surface area contributed by atoms with Gasteiger partial charge in [-0.3, -0.25) is 4.79 Å². The first-order valence-electron chi connectivity index (χ1n) is 11.1. The van der Waals surface area contributed by atoms with Gasteiger partial charge in [-0.05, 0) is 67.3 Å². The summed E-state index contributed by atoms with van der Waals surface area (Å²) in [6, 6.07) is 15.4. The van der Waals surface area contributed by atoms with E-state index in [1.54, 1.807) is 42.7 Å². The number of amides is 1. The number of para-hydroxylation sites is 1. The van der Waals surface area contributed by atoms with E-state index >= 15 is 0 Å². The van der Waals surface area contributed by atoms with Gasteiger partial charge in [0.1, 0.15) is 17.3 Å². The predicted molar refractivity (Wildman–Crippen MR) is 122 cm³/mol. The summed E-state index contributed by atoms with van der Waals surface area (Å²) >= 11 is 0. The number of nitrogens with zero attached hydrogens (tertiary/aromatic N) is 2. The predicted octanol–water partition coefficient (Wildman–Crippen LogP) is 6.53. The van der Waals surface area contributed by atoms with Gasteiger partial charge in [0, 0.05) is 12.1 Å². The second-order valence-corrected chi connectivity index (χ2v) is 8.35. The molecule has 0 spiro atoms. The number of rotatable bonds is 6. The highest BCUT2D eigenvalue weighted by molar-refractivity contribution is 6.02. The molecule has 5 rings (SSSR count). The Bertz CT molecular complexity index is 1270. The Balaban J connectivity index is 1.49. The molecule has 0 aliphatic heterocycles. The van der Waals surface area contributed by atoms with Gasteiger partial charge in [0.05, 0.1) is 17.7 Å². The molecular weight excluding hydrogens is 424 g/mol. The van der Waals surface area contributed by atoms with Gasteiger partial charge in [0.2, 0.25) is 0 Å². The standard InChI is InChI=1S/C26H23F2N3O2/c27-19-11-9-18(10-12-19)24-25(31(16-29-24)15-17-5-1-2-6-17)22-13-14-23(33-22)26(32)30-21-8-4-3-7-20(21)28/h3-4,7-14,16-17H,1-2,5-6,15H2,(H,30,32). The van der Waals surface area contributed by atoms with Gasteiger partial charge in [0.15, 0.2) is 11.5 Å². The Hall–Kier alpha value is -3.74. The summed E-state index contributed by atoms with van der Waals surface area (Å²) in [7, 11) is 0. The highest BCUT2D eigenvalue weighted by Crippen LogP contribution is 2.35. The van der Waals surface area contributed by atoms with Crippen LogP contribution in [0.4, 0.5) is 14.5 Å². The molecule has 168 valence electrons. The third-order valence-electron chi connectivity index (χ3n) is 6.07. The van der Waals surface area contributed by atoms with E-state index in [1.165, 1.54) is 37.1 Å². The lowest BCUT2D eigenvalue weighted by atomic mass is 10.1. The summed E-state index contributed by atoms with van der Waals surface area (Å²) in [4.78, 5) is 17.3. The molecule has 0 atom stereocenters. The van der Waals surface area contributed by atoms with Gasteiger partial charge in [-0.25, -0.2) is 13.8 Å². The largest absolute Gasteiger partial charge is 0.449 e. The van der Waals surface area contributed by atoms with E-state index < -0.39 is 11.7 Å². The highest BCUT2D eigenvalue weighted by Gasteiger charge is 2.23. The number of aromatic nitrogens is 2. The fourth-order valence-electron chi connectivity index (χ4n) is 4.40. The maximum atomic E-state index is 13.9. The lowest BCUT2D eigenvalue weighted by molar-refractivity contribution is 0.0997. The number of nitrogens with one attached hydrogen (secondary N) is 1. The molecule has 7 heteroatoms. The van der Waals surface area contributed by atoms with Crippen LogP contribution in [0.1, 0.15) is 36.2 Å². The number of carbonyl (C=O) groups excluding carboxylic acids is 1. The van der Waals surface area contributed by atoms with Gasteiger partial charge in [-0.15, -0.1) is 0 Å². The van der Waals surface area contributed by atoms with Gasteiger partial charge >= 0.3 is 0 Å². The zero-order valence-corrected chi connectivity index (χ0v) is 17.9. The molecule has 1 aliphatic carbocycles. The highest BCUT2D eigenvalue weighted by atomic mass is 19.1. The number of furan rings is 1. The zero-order chi connectivity index (χ0) is 22.8. The number of imidazole rings is 1. The average Bonchev–Trinajstić information content (AvgIpc) is 3.57. The molecule has 2 heterocycles. The van der Waals surface area contributed by atoms with Crippen molar-refractivity contribution in [2.45, 2.75) is 32.2 Å². The topological polar surface area (TPSA) is 60.1 Å². The van der Waals surface area contributed by atoms with Crippen LogP contribution in [0.5, 0.6) is 0 Å². The fraction of sp³-hybridized carbons (Fsp3) is 0.231. The summed E-state index contributed by atoms with van der Waals surface area (Å²) in [5.41, 5.74) is 2.23. The quantitative estimate of drug-likeness (QED) is 0.366. The molecule has 2 aromatic carbocycles. The number of carbonyl (C=O) groups is 1. The first-order valence-corrected chi connectivity index (χ1v) is 11.1. The lowest BCUT2D eigenvalue weighted by Gasteiger charge is -2.13. The second-order valence-electron chi connectivity index (χ2n) is 8.35. The molecule has 33 heavy (non-hydrogen) atoms. The molecule has 0 saturated heterocycles. The Labute approximate surface area is 190 Å². The van der Waals surface area contributed by atoms with Crippen LogP contribution in [0.25, 0.3) is 22.7 Å². The fourth-order valence-corrected chi connectivity index (χ4v) is 4.40. The third-order valence-corrected chi connectivity index (χ3v) is 6.07. The molecular formula is C26H23F2N3O2. The summed E-state index contributed by atoms with van der Waals surface area (Å²) in [5.74, 6) is -0.300. The van der Waals surface area contributed by atoms with Crippen LogP contribution in [-0.2, 0) is 6.54 Å². The van der Waals surface area contributed by atoms with E-state index in [-0.39, 0.29) is 17.3 Å². The summed E-state index contributed by atoms with van der Waals surface area (Å²) in [6.07, 6.45) is 6.55. The third kappa shape index (κ3) is 4.44. The smallest absolute Gasteiger partial charge is 0.291 e. The summed E-state index contributed by atoms with van der Waals surface area (Å²) < 4.78 is 35.4. The SMILES string of the molecule is O=C(Nc1ccccc1F)c1ccc(-c2c(-c3ccc(F)cc3)ncn2CC2CCCC2)o1. The number of hydrogen-bond donors (Lipinski definition) is 1. The molecule has 4 aromatic rings.